The SMILES string of the molecule is C=C[C@@H]1[C@@H](CCCCCCCC)OC(=O)[C@@]1(Cl)C(=O)OC. The minimum Gasteiger partial charge on any atom is -0.467 e. The number of hydrogen-bond acceptors (Lipinski definition) is 4. The van der Waals surface area contributed by atoms with E-state index >= 15 is 0 Å². The Morgan fingerprint density at radius 2 is 2.00 bits per heavy atom. The first-order valence-electron chi connectivity index (χ1n) is 7.63. The number of rotatable bonds is 9. The van der Waals surface area contributed by atoms with Crippen molar-refractivity contribution in [2.45, 2.75) is 62.8 Å². The molecular formula is C16H25ClO4. The number of hydrogen-bond donors (Lipinski definition) is 0. The average molecular weight is 317 g/mol. The Bertz CT molecular complexity index is 382. The van der Waals surface area contributed by atoms with Crippen LogP contribution >= 0.6 is 11.6 Å². The van der Waals surface area contributed by atoms with Gasteiger partial charge in [0, 0.05) is 0 Å². The van der Waals surface area contributed by atoms with Crippen molar-refractivity contribution in [1.82, 2.24) is 0 Å². The number of halogens is 1. The summed E-state index contributed by atoms with van der Waals surface area (Å²) in [5.74, 6) is -2.05. The molecule has 0 amide bonds. The molecule has 3 atom stereocenters. The molecule has 1 heterocycles. The number of ether oxygens (including phenoxy) is 2. The van der Waals surface area contributed by atoms with E-state index in [4.69, 9.17) is 16.3 Å². The number of carbonyl (C=O) groups excluding carboxylic acids is 2. The Kier molecular flexibility index (Phi) is 7.23. The minimum absolute atomic E-state index is 0.391. The third kappa shape index (κ3) is 4.00. The maximum Gasteiger partial charge on any atom is 0.339 e. The van der Waals surface area contributed by atoms with Gasteiger partial charge in [-0.3, -0.25) is 0 Å². The summed E-state index contributed by atoms with van der Waals surface area (Å²) in [6.45, 7) is 5.86. The van der Waals surface area contributed by atoms with Crippen molar-refractivity contribution in [3.8, 4) is 0 Å². The fourth-order valence-corrected chi connectivity index (χ4v) is 3.09. The van der Waals surface area contributed by atoms with E-state index in [1.807, 2.05) is 0 Å². The zero-order valence-corrected chi connectivity index (χ0v) is 13.7. The summed E-state index contributed by atoms with van der Waals surface area (Å²) < 4.78 is 9.93. The lowest BCUT2D eigenvalue weighted by Crippen LogP contribution is -2.44. The standard InChI is InChI=1S/C16H25ClO4/c1-4-6-7-8-9-10-11-13-12(5-2)16(17,14(18)20-3)15(19)21-13/h5,12-13H,2,4,6-11H2,1,3H3/t12-,13-,16+/m1/s1. The molecule has 4 nitrogen and oxygen atoms in total. The average Bonchev–Trinajstić information content (AvgIpc) is 2.73. The van der Waals surface area contributed by atoms with Gasteiger partial charge < -0.3 is 9.47 Å². The van der Waals surface area contributed by atoms with Crippen molar-refractivity contribution in [2.75, 3.05) is 7.11 Å². The predicted octanol–water partition coefficient (Wildman–Crippen LogP) is 3.62. The van der Waals surface area contributed by atoms with Crippen LogP contribution < -0.4 is 0 Å². The fraction of sp³-hybridized carbons (Fsp3) is 0.750. The molecule has 0 unspecified atom stereocenters. The predicted molar refractivity (Wildman–Crippen MR) is 82.2 cm³/mol. The summed E-state index contributed by atoms with van der Waals surface area (Å²) in [7, 11) is 1.21. The normalized spacial score (nSPS) is 28.2. The molecule has 1 saturated heterocycles. The van der Waals surface area contributed by atoms with Crippen LogP contribution in [0.5, 0.6) is 0 Å². The van der Waals surface area contributed by atoms with E-state index in [2.05, 4.69) is 18.2 Å². The topological polar surface area (TPSA) is 52.6 Å². The molecule has 0 aromatic rings. The lowest BCUT2D eigenvalue weighted by Gasteiger charge is -2.21. The van der Waals surface area contributed by atoms with Crippen LogP contribution in [0.25, 0.3) is 0 Å². The molecule has 1 fully saturated rings. The van der Waals surface area contributed by atoms with Gasteiger partial charge in [0.2, 0.25) is 4.87 Å². The van der Waals surface area contributed by atoms with Crippen molar-refractivity contribution < 1.29 is 19.1 Å². The van der Waals surface area contributed by atoms with Crippen LogP contribution in [-0.4, -0.2) is 30.0 Å². The van der Waals surface area contributed by atoms with Crippen LogP contribution in [0.1, 0.15) is 51.9 Å². The van der Waals surface area contributed by atoms with Gasteiger partial charge in [0.15, 0.2) is 0 Å². The van der Waals surface area contributed by atoms with Crippen LogP contribution in [0, 0.1) is 5.92 Å². The van der Waals surface area contributed by atoms with Gasteiger partial charge in [0.1, 0.15) is 6.10 Å². The molecule has 1 rings (SSSR count). The Labute approximate surface area is 131 Å². The monoisotopic (exact) mass is 316 g/mol. The molecule has 1 aliphatic heterocycles. The maximum atomic E-state index is 11.9. The molecule has 0 spiro atoms. The molecule has 0 aromatic heterocycles. The van der Waals surface area contributed by atoms with E-state index in [9.17, 15) is 9.59 Å². The highest BCUT2D eigenvalue weighted by Gasteiger charge is 2.61. The Morgan fingerprint density at radius 3 is 2.57 bits per heavy atom. The summed E-state index contributed by atoms with van der Waals surface area (Å²) in [5, 5.41) is 0. The number of carbonyl (C=O) groups is 2. The van der Waals surface area contributed by atoms with Crippen LogP contribution in [0.3, 0.4) is 0 Å². The van der Waals surface area contributed by atoms with Gasteiger partial charge >= 0.3 is 11.9 Å². The molecule has 0 saturated carbocycles. The van der Waals surface area contributed by atoms with E-state index in [-0.39, 0.29) is 0 Å². The molecule has 0 N–H and O–H groups in total. The summed E-state index contributed by atoms with van der Waals surface area (Å²) in [5.41, 5.74) is 0. The van der Waals surface area contributed by atoms with Gasteiger partial charge in [0.05, 0.1) is 13.0 Å². The van der Waals surface area contributed by atoms with Crippen LogP contribution in [0.2, 0.25) is 0 Å². The van der Waals surface area contributed by atoms with Gasteiger partial charge in [-0.05, 0) is 12.8 Å². The number of methoxy groups -OCH3 is 1. The van der Waals surface area contributed by atoms with Gasteiger partial charge in [-0.1, -0.05) is 56.7 Å². The number of unbranched alkanes of at least 4 members (excludes halogenated alkanes) is 5. The molecular weight excluding hydrogens is 292 g/mol. The molecule has 21 heavy (non-hydrogen) atoms. The van der Waals surface area contributed by atoms with Gasteiger partial charge in [-0.2, -0.15) is 0 Å². The largest absolute Gasteiger partial charge is 0.467 e. The zero-order chi connectivity index (χ0) is 15.9. The van der Waals surface area contributed by atoms with Gasteiger partial charge in [-0.25, -0.2) is 9.59 Å². The Balaban J connectivity index is 2.55. The van der Waals surface area contributed by atoms with Gasteiger partial charge in [0.25, 0.3) is 0 Å². The van der Waals surface area contributed by atoms with Crippen LogP contribution in [0.4, 0.5) is 0 Å². The third-order valence-corrected chi connectivity index (χ3v) is 4.55. The zero-order valence-electron chi connectivity index (χ0n) is 12.9. The minimum atomic E-state index is -1.77. The lowest BCUT2D eigenvalue weighted by atomic mass is 9.87. The highest BCUT2D eigenvalue weighted by molar-refractivity contribution is 6.45. The number of cyclic esters (lactones) is 1. The van der Waals surface area contributed by atoms with Gasteiger partial charge in [-0.15, -0.1) is 6.58 Å². The van der Waals surface area contributed by atoms with Crippen molar-refractivity contribution in [3.63, 3.8) is 0 Å². The molecule has 0 radical (unpaired) electrons. The fourth-order valence-electron chi connectivity index (χ4n) is 2.74. The number of esters is 2. The lowest BCUT2D eigenvalue weighted by molar-refractivity contribution is -0.153. The summed E-state index contributed by atoms with van der Waals surface area (Å²) >= 11 is 6.19. The molecule has 0 bridgehead atoms. The first-order chi connectivity index (χ1) is 10.0. The van der Waals surface area contributed by atoms with E-state index < -0.39 is 28.8 Å². The quantitative estimate of drug-likeness (QED) is 0.214. The third-order valence-electron chi connectivity index (χ3n) is 3.99. The van der Waals surface area contributed by atoms with E-state index in [0.717, 1.165) is 12.8 Å². The van der Waals surface area contributed by atoms with Crippen molar-refractivity contribution >= 4 is 23.5 Å². The molecule has 5 heteroatoms. The second-order valence-corrected chi connectivity index (χ2v) is 6.06. The molecule has 120 valence electrons. The Hall–Kier alpha value is -1.03. The first-order valence-corrected chi connectivity index (χ1v) is 8.01. The summed E-state index contributed by atoms with van der Waals surface area (Å²) in [6, 6.07) is 0. The molecule has 1 aliphatic rings. The highest BCUT2D eigenvalue weighted by atomic mass is 35.5. The smallest absolute Gasteiger partial charge is 0.339 e. The van der Waals surface area contributed by atoms with E-state index in [1.54, 1.807) is 0 Å². The summed E-state index contributed by atoms with van der Waals surface area (Å²) in [4.78, 5) is 22.0. The highest BCUT2D eigenvalue weighted by Crippen LogP contribution is 2.41. The summed E-state index contributed by atoms with van der Waals surface area (Å²) in [6.07, 6.45) is 8.73. The Morgan fingerprint density at radius 1 is 1.38 bits per heavy atom. The second-order valence-electron chi connectivity index (χ2n) is 5.47. The van der Waals surface area contributed by atoms with Crippen molar-refractivity contribution in [3.05, 3.63) is 12.7 Å². The van der Waals surface area contributed by atoms with E-state index in [1.165, 1.54) is 38.9 Å². The molecule has 0 aliphatic carbocycles. The van der Waals surface area contributed by atoms with Crippen molar-refractivity contribution in [1.29, 1.82) is 0 Å². The second kappa shape index (κ2) is 8.42. The maximum absolute atomic E-state index is 11.9. The van der Waals surface area contributed by atoms with Crippen LogP contribution in [0.15, 0.2) is 12.7 Å². The first kappa shape index (κ1) is 18.0. The van der Waals surface area contributed by atoms with Crippen LogP contribution in [-0.2, 0) is 19.1 Å². The van der Waals surface area contributed by atoms with Crippen molar-refractivity contribution in [2.24, 2.45) is 5.92 Å². The van der Waals surface area contributed by atoms with E-state index in [0.29, 0.717) is 6.42 Å². The molecule has 0 aromatic carbocycles. The number of alkyl halides is 1.